The quantitative estimate of drug-likeness (QED) is 0.231. The van der Waals surface area contributed by atoms with E-state index in [0.717, 1.165) is 27.3 Å². The normalized spacial score (nSPS) is 25.5. The second-order valence-electron chi connectivity index (χ2n) is 10.1. The average molecular weight is 509 g/mol. The maximum atomic E-state index is 13.7. The van der Waals surface area contributed by atoms with E-state index in [1.54, 1.807) is 12.1 Å². The number of hydrogen-bond acceptors (Lipinski definition) is 7. The van der Waals surface area contributed by atoms with E-state index in [9.17, 15) is 19.7 Å². The molecule has 8 rings (SSSR count). The summed E-state index contributed by atoms with van der Waals surface area (Å²) in [6, 6.07) is 20.9. The summed E-state index contributed by atoms with van der Waals surface area (Å²) in [7, 11) is 0. The summed E-state index contributed by atoms with van der Waals surface area (Å²) in [5.41, 5.74) is 5.29. The van der Waals surface area contributed by atoms with Gasteiger partial charge in [-0.25, -0.2) is 0 Å². The Morgan fingerprint density at radius 2 is 1.37 bits per heavy atom. The number of nitrogens with zero attached hydrogens (tertiary/aromatic N) is 4. The molecular weight excluding hydrogens is 484 g/mol. The molecular formula is C29H24N4O5. The Balaban J connectivity index is 1.23. The number of morpholine rings is 1. The van der Waals surface area contributed by atoms with Gasteiger partial charge in [-0.1, -0.05) is 54.6 Å². The number of carbonyl (C=O) groups is 2. The minimum atomic E-state index is -0.521. The summed E-state index contributed by atoms with van der Waals surface area (Å²) < 4.78 is 5.36. The molecule has 9 heteroatoms. The van der Waals surface area contributed by atoms with Crippen LogP contribution in [0, 0.1) is 22.0 Å². The molecule has 0 unspecified atom stereocenters. The molecule has 2 heterocycles. The van der Waals surface area contributed by atoms with E-state index in [-0.39, 0.29) is 29.3 Å². The number of benzene rings is 3. The van der Waals surface area contributed by atoms with Crippen LogP contribution in [-0.2, 0) is 14.3 Å². The van der Waals surface area contributed by atoms with Gasteiger partial charge >= 0.3 is 0 Å². The summed E-state index contributed by atoms with van der Waals surface area (Å²) in [6.45, 7) is 2.16. The zero-order valence-corrected chi connectivity index (χ0v) is 20.4. The van der Waals surface area contributed by atoms with Crippen LogP contribution in [0.5, 0.6) is 0 Å². The first-order valence-electron chi connectivity index (χ1n) is 12.7. The van der Waals surface area contributed by atoms with Crippen LogP contribution in [0.15, 0.2) is 71.8 Å². The Morgan fingerprint density at radius 1 is 0.842 bits per heavy atom. The molecule has 0 radical (unpaired) electrons. The van der Waals surface area contributed by atoms with Crippen molar-refractivity contribution in [2.75, 3.05) is 31.2 Å². The van der Waals surface area contributed by atoms with Crippen molar-refractivity contribution in [3.8, 4) is 0 Å². The molecule has 2 atom stereocenters. The number of anilines is 1. The molecule has 2 bridgehead atoms. The van der Waals surface area contributed by atoms with Gasteiger partial charge in [-0.05, 0) is 28.3 Å². The SMILES string of the molecule is O=C1[C@@H]2C3c4ccccc4C(c4ccccc43)[C@H]2C(=O)N1/N=C\c1ccc(N2CCOCC2)c([N+](=O)[O-])c1. The summed E-state index contributed by atoms with van der Waals surface area (Å²) in [5, 5.41) is 17.1. The molecule has 0 N–H and O–H groups in total. The van der Waals surface area contributed by atoms with E-state index >= 15 is 0 Å². The Morgan fingerprint density at radius 3 is 1.87 bits per heavy atom. The maximum absolute atomic E-state index is 13.7. The minimum absolute atomic E-state index is 0.0486. The van der Waals surface area contributed by atoms with Crippen LogP contribution in [-0.4, -0.2) is 54.3 Å². The van der Waals surface area contributed by atoms with Crippen LogP contribution in [0.4, 0.5) is 11.4 Å². The first kappa shape index (κ1) is 22.8. The van der Waals surface area contributed by atoms with Gasteiger partial charge in [0.15, 0.2) is 0 Å². The zero-order valence-electron chi connectivity index (χ0n) is 20.4. The highest BCUT2D eigenvalue weighted by Crippen LogP contribution is 2.60. The number of carbonyl (C=O) groups excluding carboxylic acids is 2. The van der Waals surface area contributed by atoms with Crippen LogP contribution in [0.1, 0.15) is 39.7 Å². The van der Waals surface area contributed by atoms with Gasteiger partial charge in [0.1, 0.15) is 5.69 Å². The number of hydrazone groups is 1. The monoisotopic (exact) mass is 508 g/mol. The van der Waals surface area contributed by atoms with Crippen LogP contribution in [0.2, 0.25) is 0 Å². The van der Waals surface area contributed by atoms with Crippen LogP contribution in [0.25, 0.3) is 0 Å². The van der Waals surface area contributed by atoms with E-state index < -0.39 is 16.8 Å². The fraction of sp³-hybridized carbons (Fsp3) is 0.276. The fourth-order valence-corrected chi connectivity index (χ4v) is 6.74. The predicted octanol–water partition coefficient (Wildman–Crippen LogP) is 3.66. The molecule has 3 aromatic carbocycles. The predicted molar refractivity (Wildman–Crippen MR) is 139 cm³/mol. The smallest absolute Gasteiger partial charge is 0.293 e. The number of nitro groups is 1. The first-order valence-corrected chi connectivity index (χ1v) is 12.7. The number of amides is 2. The molecule has 190 valence electrons. The van der Waals surface area contributed by atoms with E-state index in [1.807, 2.05) is 29.2 Å². The molecule has 2 aliphatic heterocycles. The molecule has 5 aliphatic rings. The topological polar surface area (TPSA) is 105 Å². The van der Waals surface area contributed by atoms with Crippen LogP contribution in [0.3, 0.4) is 0 Å². The summed E-state index contributed by atoms with van der Waals surface area (Å²) in [4.78, 5) is 40.7. The van der Waals surface area contributed by atoms with Gasteiger partial charge in [0.25, 0.3) is 17.5 Å². The molecule has 0 saturated carbocycles. The standard InChI is InChI=1S/C29H24N4O5/c34-28-26-24-18-5-1-2-6-19(18)25(21-8-4-3-7-20(21)24)27(26)29(35)32(28)30-16-17-9-10-22(23(15-17)33(36)37)31-11-13-38-14-12-31/h1-10,15-16,24-27H,11-14H2/b30-16-/t24?,25?,26-,27-/m1/s1. The molecule has 0 aromatic heterocycles. The number of imide groups is 1. The van der Waals surface area contributed by atoms with Crippen molar-refractivity contribution >= 4 is 29.4 Å². The summed E-state index contributed by atoms with van der Waals surface area (Å²) in [5.74, 6) is -2.10. The van der Waals surface area contributed by atoms with Crippen molar-refractivity contribution < 1.29 is 19.2 Å². The van der Waals surface area contributed by atoms with Crippen LogP contribution < -0.4 is 4.90 Å². The molecule has 2 amide bonds. The van der Waals surface area contributed by atoms with E-state index in [1.165, 1.54) is 12.3 Å². The fourth-order valence-electron chi connectivity index (χ4n) is 6.74. The van der Waals surface area contributed by atoms with Gasteiger partial charge in [-0.2, -0.15) is 10.1 Å². The minimum Gasteiger partial charge on any atom is -0.378 e. The van der Waals surface area contributed by atoms with Crippen molar-refractivity contribution in [2.24, 2.45) is 16.9 Å². The van der Waals surface area contributed by atoms with E-state index in [4.69, 9.17) is 4.74 Å². The molecule has 2 saturated heterocycles. The lowest BCUT2D eigenvalue weighted by Gasteiger charge is -2.45. The summed E-state index contributed by atoms with van der Waals surface area (Å²) >= 11 is 0. The lowest BCUT2D eigenvalue weighted by Crippen LogP contribution is -2.41. The third-order valence-corrected chi connectivity index (χ3v) is 8.30. The molecule has 3 aromatic rings. The zero-order chi connectivity index (χ0) is 26.0. The van der Waals surface area contributed by atoms with Gasteiger partial charge in [-0.15, -0.1) is 0 Å². The third kappa shape index (κ3) is 3.24. The lowest BCUT2D eigenvalue weighted by molar-refractivity contribution is -0.384. The van der Waals surface area contributed by atoms with Crippen molar-refractivity contribution in [3.63, 3.8) is 0 Å². The van der Waals surface area contributed by atoms with Crippen molar-refractivity contribution in [2.45, 2.75) is 11.8 Å². The number of nitro benzene ring substituents is 1. The molecule has 3 aliphatic carbocycles. The second-order valence-corrected chi connectivity index (χ2v) is 10.1. The largest absolute Gasteiger partial charge is 0.378 e. The molecule has 0 spiro atoms. The third-order valence-electron chi connectivity index (χ3n) is 8.30. The highest BCUT2D eigenvalue weighted by Gasteiger charge is 2.61. The first-order chi connectivity index (χ1) is 18.5. The number of hydrogen-bond donors (Lipinski definition) is 0. The summed E-state index contributed by atoms with van der Waals surface area (Å²) in [6.07, 6.45) is 1.37. The Kier molecular flexibility index (Phi) is 5.16. The molecule has 9 nitrogen and oxygen atoms in total. The van der Waals surface area contributed by atoms with Crippen LogP contribution >= 0.6 is 0 Å². The van der Waals surface area contributed by atoms with Crippen molar-refractivity contribution in [1.29, 1.82) is 0 Å². The average Bonchev–Trinajstić information content (AvgIpc) is 3.21. The molecule has 2 fully saturated rings. The highest BCUT2D eigenvalue weighted by atomic mass is 16.6. The van der Waals surface area contributed by atoms with E-state index in [2.05, 4.69) is 29.4 Å². The Labute approximate surface area is 218 Å². The van der Waals surface area contributed by atoms with Gasteiger partial charge < -0.3 is 9.64 Å². The Hall–Kier alpha value is -4.37. The van der Waals surface area contributed by atoms with Crippen molar-refractivity contribution in [1.82, 2.24) is 5.01 Å². The lowest BCUT2D eigenvalue weighted by atomic mass is 9.55. The second kappa shape index (κ2) is 8.59. The highest BCUT2D eigenvalue weighted by molar-refractivity contribution is 6.08. The number of rotatable bonds is 4. The van der Waals surface area contributed by atoms with Gasteiger partial charge in [0, 0.05) is 36.6 Å². The van der Waals surface area contributed by atoms with Crippen molar-refractivity contribution in [3.05, 3.63) is 105 Å². The Bertz CT molecular complexity index is 1410. The maximum Gasteiger partial charge on any atom is 0.293 e. The van der Waals surface area contributed by atoms with Gasteiger partial charge in [0.05, 0.1) is 36.2 Å². The van der Waals surface area contributed by atoms with E-state index in [0.29, 0.717) is 37.6 Å². The van der Waals surface area contributed by atoms with Gasteiger partial charge in [0.2, 0.25) is 0 Å². The van der Waals surface area contributed by atoms with Gasteiger partial charge in [-0.3, -0.25) is 19.7 Å². The number of ether oxygens (including phenoxy) is 1. The molecule has 38 heavy (non-hydrogen) atoms.